The van der Waals surface area contributed by atoms with Crippen molar-refractivity contribution in [3.05, 3.63) is 29.1 Å². The Hall–Kier alpha value is -1.58. The van der Waals surface area contributed by atoms with Crippen LogP contribution in [0.25, 0.3) is 0 Å². The van der Waals surface area contributed by atoms with Crippen molar-refractivity contribution in [1.29, 1.82) is 0 Å². The summed E-state index contributed by atoms with van der Waals surface area (Å²) in [5, 5.41) is 11.3. The molecule has 0 saturated carbocycles. The fraction of sp³-hybridized carbons (Fsp3) is 0.250. The minimum Gasteiger partial charge on any atom is -0.409 e. The quantitative estimate of drug-likeness (QED) is 0.280. The summed E-state index contributed by atoms with van der Waals surface area (Å²) >= 11 is 0. The van der Waals surface area contributed by atoms with Gasteiger partial charge in [0.2, 0.25) is 0 Å². The van der Waals surface area contributed by atoms with Crippen LogP contribution in [0.2, 0.25) is 0 Å². The second-order valence-electron chi connectivity index (χ2n) is 2.57. The zero-order chi connectivity index (χ0) is 9.14. The summed E-state index contributed by atoms with van der Waals surface area (Å²) in [6.45, 7) is 3.71. The summed E-state index contributed by atoms with van der Waals surface area (Å²) in [5.41, 5.74) is 7.76. The molecule has 12 heavy (non-hydrogen) atoms. The molecule has 0 atom stereocenters. The molecule has 0 aliphatic heterocycles. The number of nitrogens with zero attached hydrogens (tertiary/aromatic N) is 2. The highest BCUT2D eigenvalue weighted by Gasteiger charge is 2.03. The highest BCUT2D eigenvalue weighted by molar-refractivity contribution is 5.97. The maximum absolute atomic E-state index is 8.42. The van der Waals surface area contributed by atoms with Crippen molar-refractivity contribution in [3.63, 3.8) is 0 Å². The van der Waals surface area contributed by atoms with Gasteiger partial charge < -0.3 is 10.9 Å². The zero-order valence-electron chi connectivity index (χ0n) is 7.07. The van der Waals surface area contributed by atoms with Gasteiger partial charge in [0, 0.05) is 17.0 Å². The standard InChI is InChI=1S/C8H11N3O/c1-5-3-4-7(6(2)10-5)8(9)11-12/h3-4,12H,1-2H3,(H2,9,11). The largest absolute Gasteiger partial charge is 0.409 e. The van der Waals surface area contributed by atoms with E-state index in [1.807, 2.05) is 19.9 Å². The first-order valence-electron chi connectivity index (χ1n) is 3.57. The van der Waals surface area contributed by atoms with Gasteiger partial charge in [-0.25, -0.2) is 0 Å². The SMILES string of the molecule is Cc1ccc(C(N)=NO)c(C)n1. The molecule has 0 fully saturated rings. The summed E-state index contributed by atoms with van der Waals surface area (Å²) in [7, 11) is 0. The summed E-state index contributed by atoms with van der Waals surface area (Å²) in [4.78, 5) is 4.17. The average Bonchev–Trinajstić information content (AvgIpc) is 2.03. The fourth-order valence-corrected chi connectivity index (χ4v) is 1.01. The van der Waals surface area contributed by atoms with Crippen LogP contribution in [0.15, 0.2) is 17.3 Å². The van der Waals surface area contributed by atoms with Crippen molar-refractivity contribution in [2.45, 2.75) is 13.8 Å². The summed E-state index contributed by atoms with van der Waals surface area (Å²) in [6.07, 6.45) is 0. The lowest BCUT2D eigenvalue weighted by Crippen LogP contribution is -2.15. The van der Waals surface area contributed by atoms with Gasteiger partial charge >= 0.3 is 0 Å². The van der Waals surface area contributed by atoms with Crippen LogP contribution in [-0.4, -0.2) is 16.0 Å². The Morgan fingerprint density at radius 3 is 2.67 bits per heavy atom. The van der Waals surface area contributed by atoms with Crippen molar-refractivity contribution >= 4 is 5.84 Å². The van der Waals surface area contributed by atoms with E-state index < -0.39 is 0 Å². The molecule has 0 aromatic carbocycles. The molecule has 0 radical (unpaired) electrons. The molecule has 0 bridgehead atoms. The number of aromatic nitrogens is 1. The van der Waals surface area contributed by atoms with Crippen LogP contribution >= 0.6 is 0 Å². The van der Waals surface area contributed by atoms with Gasteiger partial charge in [0.05, 0.1) is 0 Å². The van der Waals surface area contributed by atoms with Crippen molar-refractivity contribution < 1.29 is 5.21 Å². The average molecular weight is 165 g/mol. The Morgan fingerprint density at radius 1 is 1.50 bits per heavy atom. The second kappa shape index (κ2) is 3.21. The van der Waals surface area contributed by atoms with E-state index in [0.29, 0.717) is 5.56 Å². The highest BCUT2D eigenvalue weighted by Crippen LogP contribution is 2.05. The Balaban J connectivity index is 3.18. The van der Waals surface area contributed by atoms with E-state index in [4.69, 9.17) is 10.9 Å². The normalized spacial score (nSPS) is 11.7. The first kappa shape index (κ1) is 8.52. The van der Waals surface area contributed by atoms with Crippen LogP contribution in [-0.2, 0) is 0 Å². The van der Waals surface area contributed by atoms with Crippen LogP contribution in [0.3, 0.4) is 0 Å². The third kappa shape index (κ3) is 1.53. The van der Waals surface area contributed by atoms with Gasteiger partial charge in [-0.05, 0) is 26.0 Å². The predicted octanol–water partition coefficient (Wildman–Crippen LogP) is 0.793. The summed E-state index contributed by atoms with van der Waals surface area (Å²) < 4.78 is 0. The topological polar surface area (TPSA) is 71.5 Å². The number of aryl methyl sites for hydroxylation is 2. The Morgan fingerprint density at radius 2 is 2.17 bits per heavy atom. The Bertz CT molecular complexity index is 320. The molecule has 4 nitrogen and oxygen atoms in total. The predicted molar refractivity (Wildman–Crippen MR) is 46.2 cm³/mol. The molecule has 0 saturated heterocycles. The molecule has 0 aliphatic carbocycles. The molecule has 0 unspecified atom stereocenters. The molecular formula is C8H11N3O. The van der Waals surface area contributed by atoms with Crippen molar-refractivity contribution in [2.24, 2.45) is 10.9 Å². The van der Waals surface area contributed by atoms with E-state index in [0.717, 1.165) is 11.4 Å². The third-order valence-electron chi connectivity index (χ3n) is 1.61. The van der Waals surface area contributed by atoms with Crippen LogP contribution in [0.4, 0.5) is 0 Å². The maximum atomic E-state index is 8.42. The first-order valence-corrected chi connectivity index (χ1v) is 3.57. The molecule has 1 heterocycles. The highest BCUT2D eigenvalue weighted by atomic mass is 16.4. The molecule has 0 spiro atoms. The fourth-order valence-electron chi connectivity index (χ4n) is 1.01. The molecule has 0 aliphatic rings. The van der Waals surface area contributed by atoms with Crippen LogP contribution < -0.4 is 5.73 Å². The number of hydrogen-bond acceptors (Lipinski definition) is 3. The number of oxime groups is 1. The minimum atomic E-state index is 0.0972. The van der Waals surface area contributed by atoms with Crippen LogP contribution in [0.1, 0.15) is 17.0 Å². The number of nitrogens with two attached hydrogens (primary N) is 1. The smallest absolute Gasteiger partial charge is 0.171 e. The molecule has 64 valence electrons. The van der Waals surface area contributed by atoms with Crippen LogP contribution in [0.5, 0.6) is 0 Å². The van der Waals surface area contributed by atoms with Gasteiger partial charge in [-0.1, -0.05) is 5.16 Å². The number of hydrogen-bond donors (Lipinski definition) is 2. The van der Waals surface area contributed by atoms with E-state index in [1.165, 1.54) is 0 Å². The third-order valence-corrected chi connectivity index (χ3v) is 1.61. The zero-order valence-corrected chi connectivity index (χ0v) is 7.07. The van der Waals surface area contributed by atoms with Crippen molar-refractivity contribution in [1.82, 2.24) is 4.98 Å². The summed E-state index contributed by atoms with van der Waals surface area (Å²) in [5.74, 6) is 0.0972. The van der Waals surface area contributed by atoms with Gasteiger partial charge in [0.15, 0.2) is 5.84 Å². The molecule has 1 aromatic heterocycles. The number of rotatable bonds is 1. The lowest BCUT2D eigenvalue weighted by atomic mass is 10.2. The number of amidine groups is 1. The van der Waals surface area contributed by atoms with Crippen molar-refractivity contribution in [2.75, 3.05) is 0 Å². The van der Waals surface area contributed by atoms with E-state index in [9.17, 15) is 0 Å². The molecular weight excluding hydrogens is 154 g/mol. The maximum Gasteiger partial charge on any atom is 0.171 e. The lowest BCUT2D eigenvalue weighted by Gasteiger charge is -2.02. The summed E-state index contributed by atoms with van der Waals surface area (Å²) in [6, 6.07) is 3.60. The molecule has 1 rings (SSSR count). The van der Waals surface area contributed by atoms with Gasteiger partial charge in [0.1, 0.15) is 0 Å². The van der Waals surface area contributed by atoms with Gasteiger partial charge in [-0.15, -0.1) is 0 Å². The van der Waals surface area contributed by atoms with E-state index in [-0.39, 0.29) is 5.84 Å². The lowest BCUT2D eigenvalue weighted by molar-refractivity contribution is 0.318. The van der Waals surface area contributed by atoms with Gasteiger partial charge in [0.25, 0.3) is 0 Å². The monoisotopic (exact) mass is 165 g/mol. The molecule has 4 heteroatoms. The van der Waals surface area contributed by atoms with Gasteiger partial charge in [-0.3, -0.25) is 4.98 Å². The molecule has 0 amide bonds. The first-order chi connectivity index (χ1) is 5.65. The Labute approximate surface area is 70.7 Å². The van der Waals surface area contributed by atoms with E-state index in [2.05, 4.69) is 10.1 Å². The second-order valence-corrected chi connectivity index (χ2v) is 2.57. The van der Waals surface area contributed by atoms with Gasteiger partial charge in [-0.2, -0.15) is 0 Å². The molecule has 1 aromatic rings. The van der Waals surface area contributed by atoms with Crippen molar-refractivity contribution in [3.8, 4) is 0 Å². The minimum absolute atomic E-state index is 0.0972. The Kier molecular flexibility index (Phi) is 2.28. The van der Waals surface area contributed by atoms with Crippen LogP contribution in [0, 0.1) is 13.8 Å². The van der Waals surface area contributed by atoms with E-state index >= 15 is 0 Å². The van der Waals surface area contributed by atoms with E-state index in [1.54, 1.807) is 6.07 Å². The number of pyridine rings is 1. The molecule has 3 N–H and O–H groups in total.